The second kappa shape index (κ2) is 11.3. The van der Waals surface area contributed by atoms with E-state index in [2.05, 4.69) is 40.7 Å². The van der Waals surface area contributed by atoms with Gasteiger partial charge in [-0.25, -0.2) is 4.79 Å². The molecule has 1 aliphatic heterocycles. The Morgan fingerprint density at radius 1 is 0.894 bits per heavy atom. The van der Waals surface area contributed by atoms with Crippen molar-refractivity contribution in [3.63, 3.8) is 0 Å². The number of hydrogen-bond donors (Lipinski definition) is 4. The number of fused-ring (bicyclic) bond motifs is 7. The average molecular weight is 661 g/mol. The number of esters is 1. The Hall–Kier alpha value is -1.85. The van der Waals surface area contributed by atoms with Gasteiger partial charge >= 0.3 is 11.9 Å². The van der Waals surface area contributed by atoms with Crippen LogP contribution in [0.25, 0.3) is 0 Å². The summed E-state index contributed by atoms with van der Waals surface area (Å²) >= 11 is 0. The van der Waals surface area contributed by atoms with Crippen molar-refractivity contribution in [2.45, 2.75) is 143 Å². The van der Waals surface area contributed by atoms with Crippen molar-refractivity contribution in [1.29, 1.82) is 0 Å². The van der Waals surface area contributed by atoms with Crippen LogP contribution in [-0.2, 0) is 28.6 Å². The molecule has 10 nitrogen and oxygen atoms in total. The molecule has 1 saturated heterocycles. The van der Waals surface area contributed by atoms with Crippen molar-refractivity contribution in [2.24, 2.45) is 50.2 Å². The largest absolute Gasteiger partial charge is 0.481 e. The SMILES string of the molecule is COC(=O)[C@H]1O[C@@H](O[C@@H]2CC[C@@]3(C)C(CC[C@]4(C)C3CC=C3[C@H]5CC(C)(C)CC[C@]5(C(=O)O)CC[C@]34C)[C@@]2(C)C=O)[C@H](O)[C@@H](O)[C@@H]1O. The van der Waals surface area contributed by atoms with Gasteiger partial charge in [0, 0.05) is 0 Å². The van der Waals surface area contributed by atoms with Crippen LogP contribution in [0, 0.1) is 50.2 Å². The van der Waals surface area contributed by atoms with Gasteiger partial charge in [0.2, 0.25) is 0 Å². The summed E-state index contributed by atoms with van der Waals surface area (Å²) in [7, 11) is 1.14. The number of carbonyl (C=O) groups excluding carboxylic acids is 2. The molecule has 0 amide bonds. The quantitative estimate of drug-likeness (QED) is 0.144. The molecule has 4 N–H and O–H groups in total. The van der Waals surface area contributed by atoms with Crippen LogP contribution >= 0.6 is 0 Å². The van der Waals surface area contributed by atoms with Crippen LogP contribution in [0.5, 0.6) is 0 Å². The van der Waals surface area contributed by atoms with Crippen LogP contribution in [0.3, 0.4) is 0 Å². The number of methoxy groups -OCH3 is 1. The molecule has 47 heavy (non-hydrogen) atoms. The summed E-state index contributed by atoms with van der Waals surface area (Å²) in [4.78, 5) is 38.4. The zero-order chi connectivity index (χ0) is 34.5. The fourth-order valence-corrected chi connectivity index (χ4v) is 12.1. The van der Waals surface area contributed by atoms with E-state index in [0.29, 0.717) is 12.8 Å². The highest BCUT2D eigenvalue weighted by Gasteiger charge is 2.70. The van der Waals surface area contributed by atoms with Crippen molar-refractivity contribution in [1.82, 2.24) is 0 Å². The Kier molecular flexibility index (Phi) is 8.44. The van der Waals surface area contributed by atoms with Crippen LogP contribution < -0.4 is 0 Å². The third kappa shape index (κ3) is 4.78. The summed E-state index contributed by atoms with van der Waals surface area (Å²) in [5, 5.41) is 42.3. The van der Waals surface area contributed by atoms with Crippen LogP contribution in [-0.4, -0.2) is 82.6 Å². The molecular weight excluding hydrogens is 604 g/mol. The number of carbonyl (C=O) groups is 3. The number of aliphatic hydroxyl groups excluding tert-OH is 3. The van der Waals surface area contributed by atoms with Crippen molar-refractivity contribution in [3.05, 3.63) is 11.6 Å². The predicted molar refractivity (Wildman–Crippen MR) is 171 cm³/mol. The minimum Gasteiger partial charge on any atom is -0.481 e. The molecule has 5 fully saturated rings. The fraction of sp³-hybridized carbons (Fsp3) is 0.865. The highest BCUT2D eigenvalue weighted by atomic mass is 16.7. The maximum atomic E-state index is 13.2. The Balaban J connectivity index is 1.31. The monoisotopic (exact) mass is 660 g/mol. The summed E-state index contributed by atoms with van der Waals surface area (Å²) in [5.74, 6) is -1.27. The second-order valence-electron chi connectivity index (χ2n) is 17.7. The summed E-state index contributed by atoms with van der Waals surface area (Å²) in [5.41, 5.74) is -0.624. The lowest BCUT2D eigenvalue weighted by atomic mass is 9.33. The molecule has 0 aromatic rings. The Morgan fingerprint density at radius 3 is 2.21 bits per heavy atom. The van der Waals surface area contributed by atoms with Gasteiger partial charge in [0.05, 0.1) is 24.0 Å². The molecule has 0 bridgehead atoms. The van der Waals surface area contributed by atoms with E-state index in [4.69, 9.17) is 14.2 Å². The lowest BCUT2D eigenvalue weighted by Crippen LogP contribution is -2.67. The molecule has 0 spiro atoms. The number of rotatable bonds is 5. The lowest BCUT2D eigenvalue weighted by molar-refractivity contribution is -0.321. The van der Waals surface area contributed by atoms with Gasteiger partial charge in [-0.15, -0.1) is 0 Å². The Labute approximate surface area is 278 Å². The Bertz CT molecular complexity index is 1330. The van der Waals surface area contributed by atoms with Gasteiger partial charge in [0.25, 0.3) is 0 Å². The molecule has 6 aliphatic rings. The molecule has 1 heterocycles. The normalized spacial score (nSPS) is 52.0. The number of carboxylic acid groups (broad SMARTS) is 1. The van der Waals surface area contributed by atoms with E-state index in [0.717, 1.165) is 64.8 Å². The Morgan fingerprint density at radius 2 is 1.57 bits per heavy atom. The molecule has 2 unspecified atom stereocenters. The van der Waals surface area contributed by atoms with E-state index >= 15 is 0 Å². The second-order valence-corrected chi connectivity index (χ2v) is 17.7. The van der Waals surface area contributed by atoms with Gasteiger partial charge < -0.3 is 39.4 Å². The fourth-order valence-electron chi connectivity index (χ4n) is 12.1. The first-order valence-corrected chi connectivity index (χ1v) is 17.7. The molecule has 10 heteroatoms. The van der Waals surface area contributed by atoms with Gasteiger partial charge in [-0.1, -0.05) is 53.2 Å². The van der Waals surface area contributed by atoms with Crippen LogP contribution in [0.15, 0.2) is 11.6 Å². The number of ether oxygens (including phenoxy) is 3. The number of hydrogen-bond acceptors (Lipinski definition) is 9. The van der Waals surface area contributed by atoms with E-state index in [9.17, 15) is 34.8 Å². The standard InChI is InChI=1S/C37H56O10/c1-32(2)14-16-37(31(43)44)17-15-35(5)20(21(37)18-32)8-9-23-33(3)12-11-24(34(4,19-38)22(33)10-13-36(23,35)6)46-30-27(41)25(39)26(40)28(47-30)29(42)45-7/h8,19,21-28,30,39-41H,9-18H2,1-7H3,(H,43,44)/t21-,22?,23?,24-,25+,26+,27-,28+,30-,33+,34-,35-,36-,37+/m1/s1. The molecule has 0 radical (unpaired) electrons. The first kappa shape index (κ1) is 35.0. The van der Waals surface area contributed by atoms with Gasteiger partial charge in [0.15, 0.2) is 12.4 Å². The highest BCUT2D eigenvalue weighted by molar-refractivity contribution is 5.77. The average Bonchev–Trinajstić information content (AvgIpc) is 3.02. The van der Waals surface area contributed by atoms with Crippen LogP contribution in [0.1, 0.15) is 106 Å². The summed E-state index contributed by atoms with van der Waals surface area (Å²) in [6.07, 6.45) is 2.67. The summed E-state index contributed by atoms with van der Waals surface area (Å²) in [6.45, 7) is 13.6. The maximum Gasteiger partial charge on any atom is 0.337 e. The first-order chi connectivity index (χ1) is 21.8. The zero-order valence-corrected chi connectivity index (χ0v) is 29.2. The lowest BCUT2D eigenvalue weighted by Gasteiger charge is -2.71. The van der Waals surface area contributed by atoms with E-state index < -0.39 is 59.6 Å². The van der Waals surface area contributed by atoms with Crippen LogP contribution in [0.4, 0.5) is 0 Å². The molecule has 4 saturated carbocycles. The molecule has 0 aromatic heterocycles. The number of aldehydes is 1. The molecule has 0 aromatic carbocycles. The van der Waals surface area contributed by atoms with E-state index in [1.807, 2.05) is 6.92 Å². The van der Waals surface area contributed by atoms with E-state index in [-0.39, 0.29) is 39.4 Å². The van der Waals surface area contributed by atoms with Crippen molar-refractivity contribution >= 4 is 18.2 Å². The molecule has 264 valence electrons. The van der Waals surface area contributed by atoms with Crippen molar-refractivity contribution in [3.8, 4) is 0 Å². The van der Waals surface area contributed by atoms with Gasteiger partial charge in [0.1, 0.15) is 24.6 Å². The third-order valence-electron chi connectivity index (χ3n) is 15.3. The summed E-state index contributed by atoms with van der Waals surface area (Å²) < 4.78 is 16.7. The van der Waals surface area contributed by atoms with Crippen molar-refractivity contribution in [2.75, 3.05) is 7.11 Å². The number of aliphatic carboxylic acids is 1. The molecule has 14 atom stereocenters. The van der Waals surface area contributed by atoms with E-state index in [1.165, 1.54) is 5.57 Å². The number of aliphatic hydroxyl groups is 3. The number of allylic oxidation sites excluding steroid dienone is 2. The summed E-state index contributed by atoms with van der Waals surface area (Å²) in [6, 6.07) is 0. The highest BCUT2D eigenvalue weighted by Crippen LogP contribution is 2.75. The first-order valence-electron chi connectivity index (χ1n) is 17.7. The minimum absolute atomic E-state index is 0.0276. The minimum atomic E-state index is -1.70. The van der Waals surface area contributed by atoms with Gasteiger partial charge in [-0.3, -0.25) is 4.79 Å². The molecule has 5 aliphatic carbocycles. The molecule has 6 rings (SSSR count). The smallest absolute Gasteiger partial charge is 0.337 e. The maximum absolute atomic E-state index is 13.2. The zero-order valence-electron chi connectivity index (χ0n) is 29.2. The van der Waals surface area contributed by atoms with E-state index in [1.54, 1.807) is 0 Å². The number of carboxylic acids is 1. The third-order valence-corrected chi connectivity index (χ3v) is 15.3. The topological polar surface area (TPSA) is 160 Å². The van der Waals surface area contributed by atoms with Crippen molar-refractivity contribution < 1.29 is 49.0 Å². The van der Waals surface area contributed by atoms with Gasteiger partial charge in [-0.05, 0) is 104 Å². The predicted octanol–water partition coefficient (Wildman–Crippen LogP) is 4.42. The van der Waals surface area contributed by atoms with Crippen LogP contribution in [0.2, 0.25) is 0 Å². The van der Waals surface area contributed by atoms with Gasteiger partial charge in [-0.2, -0.15) is 0 Å². The molecular formula is C37H56O10.